The SMILES string of the molecule is CCOC(=O)CC(=O)C[C@@H](Cl)C(=O)O. The van der Waals surface area contributed by atoms with Crippen molar-refractivity contribution in [1.29, 1.82) is 0 Å². The van der Waals surface area contributed by atoms with Gasteiger partial charge in [0.15, 0.2) is 0 Å². The van der Waals surface area contributed by atoms with Gasteiger partial charge < -0.3 is 9.84 Å². The number of esters is 1. The van der Waals surface area contributed by atoms with Crippen molar-refractivity contribution in [1.82, 2.24) is 0 Å². The van der Waals surface area contributed by atoms with Crippen LogP contribution in [0.3, 0.4) is 0 Å². The Labute approximate surface area is 86.0 Å². The lowest BCUT2D eigenvalue weighted by Crippen LogP contribution is -2.20. The van der Waals surface area contributed by atoms with Crippen LogP contribution in [0.2, 0.25) is 0 Å². The van der Waals surface area contributed by atoms with Crippen molar-refractivity contribution < 1.29 is 24.2 Å². The van der Waals surface area contributed by atoms with Crippen LogP contribution in [0.15, 0.2) is 0 Å². The number of halogens is 1. The molecule has 6 heteroatoms. The third-order valence-corrected chi connectivity index (χ3v) is 1.66. The van der Waals surface area contributed by atoms with Crippen LogP contribution >= 0.6 is 11.6 Å². The number of hydrogen-bond donors (Lipinski definition) is 1. The number of ketones is 1. The van der Waals surface area contributed by atoms with Gasteiger partial charge in [-0.2, -0.15) is 0 Å². The normalized spacial score (nSPS) is 11.9. The molecule has 0 aromatic carbocycles. The molecule has 0 saturated heterocycles. The van der Waals surface area contributed by atoms with E-state index < -0.39 is 29.5 Å². The summed E-state index contributed by atoms with van der Waals surface area (Å²) in [5.74, 6) is -2.47. The molecule has 80 valence electrons. The molecule has 0 aliphatic rings. The highest BCUT2D eigenvalue weighted by molar-refractivity contribution is 6.30. The molecular formula is C8H11ClO5. The first kappa shape index (κ1) is 12.9. The molecule has 0 aromatic heterocycles. The van der Waals surface area contributed by atoms with Gasteiger partial charge >= 0.3 is 11.9 Å². The molecule has 0 amide bonds. The highest BCUT2D eigenvalue weighted by atomic mass is 35.5. The van der Waals surface area contributed by atoms with E-state index in [-0.39, 0.29) is 13.0 Å². The zero-order valence-corrected chi connectivity index (χ0v) is 8.41. The predicted octanol–water partition coefficient (Wildman–Crippen LogP) is 0.591. The molecule has 0 bridgehead atoms. The second kappa shape index (κ2) is 6.37. The van der Waals surface area contributed by atoms with Gasteiger partial charge in [-0.05, 0) is 6.92 Å². The van der Waals surface area contributed by atoms with E-state index in [4.69, 9.17) is 16.7 Å². The van der Waals surface area contributed by atoms with Crippen LogP contribution in [-0.2, 0) is 19.1 Å². The number of hydrogen-bond acceptors (Lipinski definition) is 4. The molecule has 14 heavy (non-hydrogen) atoms. The third kappa shape index (κ3) is 5.53. The van der Waals surface area contributed by atoms with E-state index in [9.17, 15) is 14.4 Å². The summed E-state index contributed by atoms with van der Waals surface area (Å²) in [4.78, 5) is 32.0. The standard InChI is InChI=1S/C8H11ClO5/c1-2-14-7(11)4-5(10)3-6(9)8(12)13/h6H,2-4H2,1H3,(H,12,13)/t6-/m1/s1. The predicted molar refractivity (Wildman–Crippen MR) is 48.2 cm³/mol. The summed E-state index contributed by atoms with van der Waals surface area (Å²) in [6.45, 7) is 1.80. The lowest BCUT2D eigenvalue weighted by atomic mass is 10.1. The average Bonchev–Trinajstić information content (AvgIpc) is 2.03. The lowest BCUT2D eigenvalue weighted by Gasteiger charge is -2.03. The van der Waals surface area contributed by atoms with Crippen LogP contribution in [0.1, 0.15) is 19.8 Å². The molecule has 0 aliphatic carbocycles. The Morgan fingerprint density at radius 1 is 1.43 bits per heavy atom. The first-order valence-corrected chi connectivity index (χ1v) is 4.45. The van der Waals surface area contributed by atoms with Crippen molar-refractivity contribution in [3.8, 4) is 0 Å². The highest BCUT2D eigenvalue weighted by Crippen LogP contribution is 2.05. The molecule has 0 radical (unpaired) electrons. The Balaban J connectivity index is 3.86. The fraction of sp³-hybridized carbons (Fsp3) is 0.625. The molecule has 0 rings (SSSR count). The van der Waals surface area contributed by atoms with Crippen LogP contribution in [0, 0.1) is 0 Å². The topological polar surface area (TPSA) is 80.7 Å². The molecule has 1 N–H and O–H groups in total. The van der Waals surface area contributed by atoms with Crippen molar-refractivity contribution >= 4 is 29.3 Å². The number of carbonyl (C=O) groups excluding carboxylic acids is 2. The quantitative estimate of drug-likeness (QED) is 0.404. The molecule has 0 unspecified atom stereocenters. The summed E-state index contributed by atoms with van der Waals surface area (Å²) in [6.07, 6.45) is -0.792. The largest absolute Gasteiger partial charge is 0.480 e. The number of carbonyl (C=O) groups is 3. The Morgan fingerprint density at radius 3 is 2.43 bits per heavy atom. The van der Waals surface area contributed by atoms with E-state index in [1.54, 1.807) is 6.92 Å². The summed E-state index contributed by atoms with van der Waals surface area (Å²) in [6, 6.07) is 0. The number of rotatable bonds is 6. The van der Waals surface area contributed by atoms with Crippen molar-refractivity contribution in [3.63, 3.8) is 0 Å². The molecule has 0 heterocycles. The van der Waals surface area contributed by atoms with E-state index in [0.29, 0.717) is 0 Å². The molecule has 0 fully saturated rings. The van der Waals surface area contributed by atoms with Crippen molar-refractivity contribution in [2.45, 2.75) is 25.1 Å². The third-order valence-electron chi connectivity index (χ3n) is 1.32. The molecule has 5 nitrogen and oxygen atoms in total. The van der Waals surface area contributed by atoms with E-state index in [2.05, 4.69) is 4.74 Å². The van der Waals surface area contributed by atoms with Crippen molar-refractivity contribution in [2.75, 3.05) is 6.61 Å². The van der Waals surface area contributed by atoms with Gasteiger partial charge in [-0.25, -0.2) is 0 Å². The Hall–Kier alpha value is -1.10. The Kier molecular flexibility index (Phi) is 5.87. The van der Waals surface area contributed by atoms with E-state index in [1.165, 1.54) is 0 Å². The second-order valence-corrected chi connectivity index (χ2v) is 3.06. The molecule has 0 spiro atoms. The van der Waals surface area contributed by atoms with Gasteiger partial charge in [0, 0.05) is 6.42 Å². The van der Waals surface area contributed by atoms with Gasteiger partial charge in [-0.1, -0.05) is 0 Å². The molecule has 1 atom stereocenters. The summed E-state index contributed by atoms with van der Waals surface area (Å²) < 4.78 is 4.50. The first-order valence-electron chi connectivity index (χ1n) is 4.01. The smallest absolute Gasteiger partial charge is 0.322 e. The summed E-state index contributed by atoms with van der Waals surface area (Å²) in [5, 5.41) is 7.09. The maximum Gasteiger partial charge on any atom is 0.322 e. The molecule has 0 saturated carbocycles. The number of alkyl halides is 1. The van der Waals surface area contributed by atoms with Crippen molar-refractivity contribution in [3.05, 3.63) is 0 Å². The van der Waals surface area contributed by atoms with Gasteiger partial charge in [0.25, 0.3) is 0 Å². The minimum Gasteiger partial charge on any atom is -0.480 e. The molecular weight excluding hydrogens is 212 g/mol. The molecule has 0 aromatic rings. The lowest BCUT2D eigenvalue weighted by molar-refractivity contribution is -0.146. The van der Waals surface area contributed by atoms with Gasteiger partial charge in [-0.3, -0.25) is 14.4 Å². The van der Waals surface area contributed by atoms with Crippen LogP contribution < -0.4 is 0 Å². The van der Waals surface area contributed by atoms with Gasteiger partial charge in [0.05, 0.1) is 6.61 Å². The van der Waals surface area contributed by atoms with Gasteiger partial charge in [0.2, 0.25) is 0 Å². The van der Waals surface area contributed by atoms with Crippen molar-refractivity contribution in [2.24, 2.45) is 0 Å². The van der Waals surface area contributed by atoms with Gasteiger partial charge in [0.1, 0.15) is 17.6 Å². The van der Waals surface area contributed by atoms with E-state index in [0.717, 1.165) is 0 Å². The number of ether oxygens (including phenoxy) is 1. The maximum atomic E-state index is 11.0. The zero-order valence-electron chi connectivity index (χ0n) is 7.66. The number of carboxylic acid groups (broad SMARTS) is 1. The molecule has 0 aliphatic heterocycles. The maximum absolute atomic E-state index is 11.0. The van der Waals surface area contributed by atoms with Crippen LogP contribution in [0.5, 0.6) is 0 Å². The summed E-state index contributed by atoms with van der Waals surface area (Å²) in [5.41, 5.74) is 0. The number of aliphatic carboxylic acids is 1. The Bertz CT molecular complexity index is 238. The average molecular weight is 223 g/mol. The van der Waals surface area contributed by atoms with Crippen LogP contribution in [0.4, 0.5) is 0 Å². The minimum absolute atomic E-state index is 0.190. The van der Waals surface area contributed by atoms with Crippen LogP contribution in [-0.4, -0.2) is 34.8 Å². The summed E-state index contributed by atoms with van der Waals surface area (Å²) in [7, 11) is 0. The van der Waals surface area contributed by atoms with E-state index in [1.807, 2.05) is 0 Å². The Morgan fingerprint density at radius 2 is 2.00 bits per heavy atom. The highest BCUT2D eigenvalue weighted by Gasteiger charge is 2.20. The monoisotopic (exact) mass is 222 g/mol. The van der Waals surface area contributed by atoms with Gasteiger partial charge in [-0.15, -0.1) is 11.6 Å². The van der Waals surface area contributed by atoms with E-state index >= 15 is 0 Å². The van der Waals surface area contributed by atoms with Crippen LogP contribution in [0.25, 0.3) is 0 Å². The number of Topliss-reactive ketones (excluding diaryl/α,β-unsaturated/α-hetero) is 1. The fourth-order valence-electron chi connectivity index (χ4n) is 0.732. The fourth-order valence-corrected chi connectivity index (χ4v) is 0.904. The first-order chi connectivity index (χ1) is 6.47. The minimum atomic E-state index is -1.28. The summed E-state index contributed by atoms with van der Waals surface area (Å²) >= 11 is 5.30. The number of carboxylic acids is 1. The second-order valence-electron chi connectivity index (χ2n) is 2.53. The zero-order chi connectivity index (χ0) is 11.1.